The average Bonchev–Trinajstić information content (AvgIpc) is 3.59. The van der Waals surface area contributed by atoms with Gasteiger partial charge in [-0.25, -0.2) is 0 Å². The maximum atomic E-state index is 2.85. The number of halogens is 2. The Bertz CT molecular complexity index is 1930. The van der Waals surface area contributed by atoms with E-state index in [4.69, 9.17) is 0 Å². The largest absolute Gasteiger partial charge is 1.00 e. The van der Waals surface area contributed by atoms with Gasteiger partial charge in [0.05, 0.1) is 0 Å². The molecule has 4 saturated carbocycles. The second kappa shape index (κ2) is 13.6. The number of benzene rings is 3. The number of fused-ring (bicyclic) bond motifs is 3. The molecule has 0 spiro atoms. The summed E-state index contributed by atoms with van der Waals surface area (Å²) in [5.41, 5.74) is 16.1. The molecule has 0 heterocycles. The van der Waals surface area contributed by atoms with Gasteiger partial charge in [-0.2, -0.15) is 0 Å². The fourth-order valence-electron chi connectivity index (χ4n) is 11.9. The minimum atomic E-state index is -2.69. The molecule has 4 bridgehead atoms. The molecule has 1 unspecified atom stereocenters. The van der Waals surface area contributed by atoms with E-state index in [-0.39, 0.29) is 35.6 Å². The van der Waals surface area contributed by atoms with Crippen LogP contribution in [0.25, 0.3) is 11.1 Å². The molecule has 0 nitrogen and oxygen atoms in total. The van der Waals surface area contributed by atoms with Gasteiger partial charge in [0.15, 0.2) is 0 Å². The zero-order valence-corrected chi connectivity index (χ0v) is 37.1. The molecule has 6 aliphatic carbocycles. The summed E-state index contributed by atoms with van der Waals surface area (Å²) in [5.74, 6) is 4.30. The molecular weight excluding hydrogens is 739 g/mol. The van der Waals surface area contributed by atoms with Gasteiger partial charge in [0.1, 0.15) is 0 Å². The molecule has 0 saturated heterocycles. The zero-order valence-electron chi connectivity index (χ0n) is 33.2. The first-order valence-electron chi connectivity index (χ1n) is 19.6. The van der Waals surface area contributed by atoms with E-state index in [9.17, 15) is 0 Å². The topological polar surface area (TPSA) is 0 Å². The van der Waals surface area contributed by atoms with Crippen molar-refractivity contribution in [3.63, 3.8) is 0 Å². The van der Waals surface area contributed by atoms with E-state index in [1.165, 1.54) is 59.9 Å². The molecule has 0 N–H and O–H groups in total. The molecule has 3 aromatic carbocycles. The third kappa shape index (κ3) is 6.34. The second-order valence-corrected chi connectivity index (χ2v) is 25.8. The van der Waals surface area contributed by atoms with Crippen LogP contribution in [0.15, 0.2) is 69.5 Å². The van der Waals surface area contributed by atoms with Crippen molar-refractivity contribution in [2.45, 2.75) is 126 Å². The molecule has 51 heavy (non-hydrogen) atoms. The summed E-state index contributed by atoms with van der Waals surface area (Å²) in [5, 5.41) is 0. The van der Waals surface area contributed by atoms with E-state index in [1.807, 2.05) is 3.28 Å². The first-order valence-corrected chi connectivity index (χ1v) is 23.3. The van der Waals surface area contributed by atoms with Crippen LogP contribution in [-0.2, 0) is 38.5 Å². The zero-order chi connectivity index (χ0) is 34.8. The minimum Gasteiger partial charge on any atom is -1.00 e. The third-order valence-corrected chi connectivity index (χ3v) is 22.6. The number of hydrogen-bond donors (Lipinski definition) is 0. The summed E-state index contributed by atoms with van der Waals surface area (Å²) in [7, 11) is 0. The molecule has 0 radical (unpaired) electrons. The Balaban J connectivity index is 0.00000224. The molecule has 0 aromatic heterocycles. The summed E-state index contributed by atoms with van der Waals surface area (Å²) in [4.78, 5) is 0. The summed E-state index contributed by atoms with van der Waals surface area (Å²) < 4.78 is 5.32. The molecule has 1 atom stereocenters. The monoisotopic (exact) mass is 796 g/mol. The van der Waals surface area contributed by atoms with Crippen molar-refractivity contribution < 1.29 is 46.1 Å². The van der Waals surface area contributed by atoms with Crippen molar-refractivity contribution in [2.24, 2.45) is 35.0 Å². The molecule has 3 aromatic rings. The van der Waals surface area contributed by atoms with Crippen molar-refractivity contribution >= 4 is 6.48 Å². The smallest absolute Gasteiger partial charge is 1.00 e. The molecule has 0 amide bonds. The van der Waals surface area contributed by atoms with Crippen LogP contribution >= 0.6 is 0 Å². The Kier molecular flexibility index (Phi) is 10.5. The molecule has 6 aliphatic rings. The summed E-state index contributed by atoms with van der Waals surface area (Å²) in [6.45, 7) is 27.1. The third-order valence-electron chi connectivity index (χ3n) is 14.2. The molecule has 270 valence electrons. The van der Waals surface area contributed by atoms with Gasteiger partial charge in [0.2, 0.25) is 0 Å². The predicted octanol–water partition coefficient (Wildman–Crippen LogP) is 5.88. The number of rotatable bonds is 4. The maximum Gasteiger partial charge on any atom is -1.00 e. The molecular formula is C48H60Cl2Zr. The summed E-state index contributed by atoms with van der Waals surface area (Å²) >= 11 is -2.69. The predicted molar refractivity (Wildman–Crippen MR) is 208 cm³/mol. The quantitative estimate of drug-likeness (QED) is 0.242. The molecule has 3 heteroatoms. The van der Waals surface area contributed by atoms with Crippen LogP contribution in [0.1, 0.15) is 133 Å². The van der Waals surface area contributed by atoms with Crippen molar-refractivity contribution in [1.29, 1.82) is 0 Å². The average molecular weight is 799 g/mol. The Morgan fingerprint density at radius 2 is 1.33 bits per heavy atom. The van der Waals surface area contributed by atoms with E-state index in [1.54, 1.807) is 34.3 Å². The van der Waals surface area contributed by atoms with Crippen LogP contribution in [0.4, 0.5) is 0 Å². The van der Waals surface area contributed by atoms with E-state index in [0.29, 0.717) is 11.3 Å². The van der Waals surface area contributed by atoms with Crippen LogP contribution < -0.4 is 28.1 Å². The van der Waals surface area contributed by atoms with Crippen molar-refractivity contribution in [1.82, 2.24) is 0 Å². The molecule has 4 fully saturated rings. The van der Waals surface area contributed by atoms with Gasteiger partial charge in [-0.05, 0) is 0 Å². The summed E-state index contributed by atoms with van der Waals surface area (Å²) in [6.07, 6.45) is 14.2. The molecule has 0 aliphatic heterocycles. The van der Waals surface area contributed by atoms with Crippen LogP contribution in [-0.4, -0.2) is 3.21 Å². The van der Waals surface area contributed by atoms with E-state index >= 15 is 0 Å². The Labute approximate surface area is 330 Å². The van der Waals surface area contributed by atoms with Crippen molar-refractivity contribution in [3.8, 4) is 11.1 Å². The first-order chi connectivity index (χ1) is 23.1. The maximum absolute atomic E-state index is 2.85. The van der Waals surface area contributed by atoms with E-state index < -0.39 is 21.3 Å². The van der Waals surface area contributed by atoms with Gasteiger partial charge in [-0.15, -0.1) is 0 Å². The van der Waals surface area contributed by atoms with Crippen LogP contribution in [0.3, 0.4) is 0 Å². The number of aryl methyl sites for hydroxylation is 1. The first kappa shape index (κ1) is 39.2. The number of allylic oxidation sites excluding steroid dienone is 4. The normalized spacial score (nSPS) is 27.6. The second-order valence-electron chi connectivity index (χ2n) is 19.4. The van der Waals surface area contributed by atoms with Gasteiger partial charge in [0.25, 0.3) is 0 Å². The van der Waals surface area contributed by atoms with Crippen molar-refractivity contribution in [2.75, 3.05) is 0 Å². The standard InChI is InChI=1S/C23H29.C17H23.C8H8.2ClH.Zr/c1-14-9-16-11-17-10-15(2)21(23(6,7)8)13-19(17)18(16)12-20(14)22(3,4)5;1-11-3-4-14(5-11)17(2)15-7-12-6-13(9-15)10-16(17)8-12;1-2-8-6-4-3-5-7-8;;;/h9,12-13H,11H2,1-8H3;4-5,11-13,15-16H,6-10H2,1-2H3;3-7H,1H3;2*1H;/q;;;;;+2/p-2. The van der Waals surface area contributed by atoms with Gasteiger partial charge < -0.3 is 24.8 Å². The van der Waals surface area contributed by atoms with Gasteiger partial charge in [-0.3, -0.25) is 0 Å². The Hall–Kier alpha value is -1.53. The van der Waals surface area contributed by atoms with Crippen LogP contribution in [0.5, 0.6) is 0 Å². The van der Waals surface area contributed by atoms with Crippen LogP contribution in [0.2, 0.25) is 0 Å². The van der Waals surface area contributed by atoms with Crippen molar-refractivity contribution in [3.05, 3.63) is 108 Å². The van der Waals surface area contributed by atoms with E-state index in [0.717, 1.165) is 30.1 Å². The fraction of sp³-hybridized carbons (Fsp3) is 0.521. The Morgan fingerprint density at radius 3 is 1.90 bits per heavy atom. The summed E-state index contributed by atoms with van der Waals surface area (Å²) in [6, 6.07) is 19.3. The fourth-order valence-corrected chi connectivity index (χ4v) is 20.3. The minimum absolute atomic E-state index is 0. The Morgan fingerprint density at radius 1 is 0.765 bits per heavy atom. The van der Waals surface area contributed by atoms with Crippen LogP contribution in [0, 0.1) is 48.9 Å². The number of hydrogen-bond acceptors (Lipinski definition) is 0. The molecule has 9 rings (SSSR count). The van der Waals surface area contributed by atoms with Gasteiger partial charge in [-0.1, -0.05) is 0 Å². The van der Waals surface area contributed by atoms with Gasteiger partial charge in [0, 0.05) is 0 Å². The SMILES string of the molecule is C/[C](c1ccccc1)=[Zr+2](\[C]1=CC(C2(C)C3CC4CC(C3)CC2C4)=CC1C)[c]1c(C)c(C(C)(C)C)cc2c1Cc1cc(C)c(C(C)(C)C)cc1-2.[Cl-].[Cl-]. The van der Waals surface area contributed by atoms with Gasteiger partial charge >= 0.3 is 308 Å². The van der Waals surface area contributed by atoms with E-state index in [2.05, 4.69) is 137 Å².